The number of para-hydroxylation sites is 1. The lowest BCUT2D eigenvalue weighted by Gasteiger charge is -2.08. The summed E-state index contributed by atoms with van der Waals surface area (Å²) in [5, 5.41) is 1.25. The summed E-state index contributed by atoms with van der Waals surface area (Å²) < 4.78 is 5.51. The molecule has 0 fully saturated rings. The van der Waals surface area contributed by atoms with Crippen molar-refractivity contribution in [2.24, 2.45) is 0 Å². The first-order chi connectivity index (χ1) is 8.40. The van der Waals surface area contributed by atoms with Crippen LogP contribution in [0.15, 0.2) is 53.3 Å². The molecule has 4 N–H and O–H groups in total. The fourth-order valence-electron chi connectivity index (χ4n) is 2.32. The van der Waals surface area contributed by atoms with Gasteiger partial charge in [0.05, 0.1) is 18.7 Å². The Bertz CT molecular complexity index is 610. The molecule has 0 aliphatic carbocycles. The van der Waals surface area contributed by atoms with Gasteiger partial charge in [-0.25, -0.2) is 0 Å². The van der Waals surface area contributed by atoms with Crippen molar-refractivity contribution in [3.05, 3.63) is 60.2 Å². The van der Waals surface area contributed by atoms with Crippen LogP contribution >= 0.6 is 0 Å². The highest BCUT2D eigenvalue weighted by Crippen LogP contribution is 2.29. The van der Waals surface area contributed by atoms with Gasteiger partial charge in [-0.15, -0.1) is 0 Å². The molecule has 0 amide bonds. The molecule has 1 aromatic carbocycles. The van der Waals surface area contributed by atoms with Crippen LogP contribution in [0.2, 0.25) is 0 Å². The molecule has 0 saturated carbocycles. The number of rotatable bonds is 3. The highest BCUT2D eigenvalue weighted by atomic mass is 16.3. The van der Waals surface area contributed by atoms with Crippen LogP contribution in [-0.2, 0) is 0 Å². The van der Waals surface area contributed by atoms with Gasteiger partial charge in [-0.2, -0.15) is 0 Å². The van der Waals surface area contributed by atoms with Crippen molar-refractivity contribution in [3.63, 3.8) is 0 Å². The van der Waals surface area contributed by atoms with Crippen LogP contribution in [0.4, 0.5) is 0 Å². The summed E-state index contributed by atoms with van der Waals surface area (Å²) >= 11 is 0. The second-order valence-electron chi connectivity index (χ2n) is 4.15. The van der Waals surface area contributed by atoms with Crippen molar-refractivity contribution >= 4 is 10.9 Å². The molecule has 2 heterocycles. The van der Waals surface area contributed by atoms with E-state index in [0.717, 1.165) is 17.8 Å². The number of fused-ring (bicyclic) bond motifs is 1. The minimum atomic E-state index is 0.223. The van der Waals surface area contributed by atoms with Crippen molar-refractivity contribution in [3.8, 4) is 0 Å². The van der Waals surface area contributed by atoms with Crippen LogP contribution in [0.3, 0.4) is 0 Å². The lowest BCUT2D eigenvalue weighted by molar-refractivity contribution is -0.370. The SMILES string of the molecule is [NH3+]C[C@H](c1ccco1)c1c[nH]c2ccccc12. The highest BCUT2D eigenvalue weighted by molar-refractivity contribution is 5.84. The molecule has 86 valence electrons. The Kier molecular flexibility index (Phi) is 2.46. The van der Waals surface area contributed by atoms with Gasteiger partial charge in [-0.3, -0.25) is 0 Å². The summed E-state index contributed by atoms with van der Waals surface area (Å²) in [6.07, 6.45) is 3.77. The average molecular weight is 227 g/mol. The highest BCUT2D eigenvalue weighted by Gasteiger charge is 2.20. The smallest absolute Gasteiger partial charge is 0.116 e. The van der Waals surface area contributed by atoms with Gasteiger partial charge in [0.25, 0.3) is 0 Å². The van der Waals surface area contributed by atoms with Gasteiger partial charge >= 0.3 is 0 Å². The molecule has 0 aliphatic rings. The second kappa shape index (κ2) is 4.11. The molecular weight excluding hydrogens is 212 g/mol. The van der Waals surface area contributed by atoms with Crippen molar-refractivity contribution in [2.45, 2.75) is 5.92 Å². The van der Waals surface area contributed by atoms with E-state index in [1.54, 1.807) is 6.26 Å². The van der Waals surface area contributed by atoms with E-state index in [-0.39, 0.29) is 5.92 Å². The van der Waals surface area contributed by atoms with Gasteiger partial charge in [0.1, 0.15) is 5.76 Å². The van der Waals surface area contributed by atoms with Crippen molar-refractivity contribution in [2.75, 3.05) is 6.54 Å². The Balaban J connectivity index is 2.13. The second-order valence-corrected chi connectivity index (χ2v) is 4.15. The number of furan rings is 1. The first kappa shape index (κ1) is 10.2. The number of quaternary nitrogens is 1. The van der Waals surface area contributed by atoms with Gasteiger partial charge in [0, 0.05) is 17.1 Å². The van der Waals surface area contributed by atoms with Crippen LogP contribution in [0.5, 0.6) is 0 Å². The molecule has 17 heavy (non-hydrogen) atoms. The number of nitrogens with one attached hydrogen (secondary N) is 1. The molecule has 3 rings (SSSR count). The van der Waals surface area contributed by atoms with E-state index in [2.05, 4.69) is 35.1 Å². The Morgan fingerprint density at radius 3 is 2.82 bits per heavy atom. The summed E-state index contributed by atoms with van der Waals surface area (Å²) in [6, 6.07) is 12.2. The molecular formula is C14H15N2O+. The standard InChI is InChI=1S/C14H14N2O/c15-8-11(14-6-3-7-17-14)12-9-16-13-5-2-1-4-10(12)13/h1-7,9,11,16H,8,15H2/p+1/t11-/m0/s1. The number of hydrogen-bond donors (Lipinski definition) is 2. The summed E-state index contributed by atoms with van der Waals surface area (Å²) in [4.78, 5) is 3.30. The first-order valence-electron chi connectivity index (χ1n) is 5.79. The van der Waals surface area contributed by atoms with Crippen molar-refractivity contribution in [1.82, 2.24) is 4.98 Å². The third-order valence-electron chi connectivity index (χ3n) is 3.17. The molecule has 1 atom stereocenters. The van der Waals surface area contributed by atoms with Crippen LogP contribution in [0.25, 0.3) is 10.9 Å². The minimum absolute atomic E-state index is 0.223. The first-order valence-corrected chi connectivity index (χ1v) is 5.79. The van der Waals surface area contributed by atoms with Gasteiger partial charge in [-0.1, -0.05) is 18.2 Å². The quantitative estimate of drug-likeness (QED) is 0.707. The van der Waals surface area contributed by atoms with Gasteiger partial charge in [-0.05, 0) is 23.8 Å². The van der Waals surface area contributed by atoms with Crippen molar-refractivity contribution in [1.29, 1.82) is 0 Å². The summed E-state index contributed by atoms with van der Waals surface area (Å²) in [7, 11) is 0. The van der Waals surface area contributed by atoms with E-state index in [1.165, 1.54) is 10.9 Å². The monoisotopic (exact) mass is 227 g/mol. The summed E-state index contributed by atoms with van der Waals surface area (Å²) in [6.45, 7) is 0.787. The maximum Gasteiger partial charge on any atom is 0.116 e. The Hall–Kier alpha value is -2.00. The Morgan fingerprint density at radius 2 is 2.06 bits per heavy atom. The topological polar surface area (TPSA) is 56.6 Å². The summed E-state index contributed by atoms with van der Waals surface area (Å²) in [5.74, 6) is 1.20. The molecule has 0 spiro atoms. The van der Waals surface area contributed by atoms with Crippen LogP contribution in [0, 0.1) is 0 Å². The van der Waals surface area contributed by atoms with E-state index in [1.807, 2.05) is 18.2 Å². The van der Waals surface area contributed by atoms with E-state index >= 15 is 0 Å². The third kappa shape index (κ3) is 1.65. The molecule has 0 aliphatic heterocycles. The zero-order valence-corrected chi connectivity index (χ0v) is 9.52. The van der Waals surface area contributed by atoms with Crippen LogP contribution in [0.1, 0.15) is 17.2 Å². The predicted octanol–water partition coefficient (Wildman–Crippen LogP) is 2.13. The molecule has 0 saturated heterocycles. The summed E-state index contributed by atoms with van der Waals surface area (Å²) in [5.41, 5.74) is 6.45. The lowest BCUT2D eigenvalue weighted by atomic mass is 9.96. The molecule has 3 nitrogen and oxygen atoms in total. The minimum Gasteiger partial charge on any atom is -0.468 e. The maximum absolute atomic E-state index is 5.51. The lowest BCUT2D eigenvalue weighted by Crippen LogP contribution is -2.53. The van der Waals surface area contributed by atoms with Crippen LogP contribution in [-0.4, -0.2) is 11.5 Å². The average Bonchev–Trinajstić information content (AvgIpc) is 3.01. The third-order valence-corrected chi connectivity index (χ3v) is 3.17. The van der Waals surface area contributed by atoms with Gasteiger partial charge in [0.2, 0.25) is 0 Å². The van der Waals surface area contributed by atoms with E-state index in [0.29, 0.717) is 0 Å². The Labute approximate surface area is 99.2 Å². The number of aromatic nitrogens is 1. The normalized spacial score (nSPS) is 13.0. The zero-order chi connectivity index (χ0) is 11.7. The molecule has 0 bridgehead atoms. The predicted molar refractivity (Wildman–Crippen MR) is 66.6 cm³/mol. The van der Waals surface area contributed by atoms with E-state index < -0.39 is 0 Å². The van der Waals surface area contributed by atoms with Crippen molar-refractivity contribution < 1.29 is 10.2 Å². The largest absolute Gasteiger partial charge is 0.468 e. The number of aromatic amines is 1. The van der Waals surface area contributed by atoms with E-state index in [4.69, 9.17) is 4.42 Å². The van der Waals surface area contributed by atoms with Gasteiger partial charge < -0.3 is 15.1 Å². The van der Waals surface area contributed by atoms with Gasteiger partial charge in [0.15, 0.2) is 0 Å². The number of benzene rings is 1. The molecule has 0 radical (unpaired) electrons. The fourth-order valence-corrected chi connectivity index (χ4v) is 2.32. The Morgan fingerprint density at radius 1 is 1.18 bits per heavy atom. The maximum atomic E-state index is 5.51. The molecule has 2 aromatic heterocycles. The van der Waals surface area contributed by atoms with Crippen LogP contribution < -0.4 is 5.73 Å². The molecule has 3 aromatic rings. The fraction of sp³-hybridized carbons (Fsp3) is 0.143. The molecule has 3 heteroatoms. The molecule has 0 unspecified atom stereocenters. The number of H-pyrrole nitrogens is 1. The zero-order valence-electron chi connectivity index (χ0n) is 9.52. The number of hydrogen-bond acceptors (Lipinski definition) is 1. The van der Waals surface area contributed by atoms with E-state index in [9.17, 15) is 0 Å².